The van der Waals surface area contributed by atoms with Crippen LogP contribution < -0.4 is 20.7 Å². The molecule has 7 rings (SSSR count). The van der Waals surface area contributed by atoms with Crippen LogP contribution in [0.25, 0.3) is 22.2 Å². The second-order valence-electron chi connectivity index (χ2n) is 11.9. The molecule has 3 N–H and O–H groups in total. The number of nitro benzene ring substituents is 2. The van der Waals surface area contributed by atoms with Gasteiger partial charge in [0.15, 0.2) is 11.2 Å². The lowest BCUT2D eigenvalue weighted by atomic mass is 10.0. The molecule has 4 heterocycles. The number of hydrogen-bond acceptors (Lipinski definition) is 13. The number of benzene rings is 3. The summed E-state index contributed by atoms with van der Waals surface area (Å²) in [5.41, 5.74) is 3.28. The van der Waals surface area contributed by atoms with Gasteiger partial charge in [-0.15, -0.1) is 0 Å². The Balaban J connectivity index is 0.000000188. The van der Waals surface area contributed by atoms with Gasteiger partial charge < -0.3 is 29.5 Å². The van der Waals surface area contributed by atoms with Gasteiger partial charge in [-0.3, -0.25) is 25.1 Å². The maximum Gasteiger partial charge on any atom is 0.295 e. The monoisotopic (exact) mass is 692 g/mol. The summed E-state index contributed by atoms with van der Waals surface area (Å²) < 4.78 is 16.8. The van der Waals surface area contributed by atoms with E-state index in [1.54, 1.807) is 12.1 Å². The first-order valence-corrected chi connectivity index (χ1v) is 16.6. The van der Waals surface area contributed by atoms with E-state index in [2.05, 4.69) is 30.8 Å². The Hall–Kier alpha value is -4.99. The number of nitro groups is 2. The maximum absolute atomic E-state index is 10.9. The molecule has 0 radical (unpaired) electrons. The van der Waals surface area contributed by atoms with E-state index in [0.717, 1.165) is 64.2 Å². The molecule has 2 aliphatic rings. The summed E-state index contributed by atoms with van der Waals surface area (Å²) >= 11 is 6.17. The van der Waals surface area contributed by atoms with Crippen molar-refractivity contribution < 1.29 is 23.4 Å². The lowest BCUT2D eigenvalue weighted by Gasteiger charge is -2.32. The quantitative estimate of drug-likeness (QED) is 0.103. The van der Waals surface area contributed by atoms with E-state index in [1.807, 2.05) is 25.1 Å². The minimum absolute atomic E-state index is 0.00496. The zero-order valence-corrected chi connectivity index (χ0v) is 27.6. The van der Waals surface area contributed by atoms with Gasteiger partial charge in [0, 0.05) is 56.0 Å². The van der Waals surface area contributed by atoms with Crippen molar-refractivity contribution in [3.63, 3.8) is 0 Å². The normalized spacial score (nSPS) is 15.9. The van der Waals surface area contributed by atoms with E-state index >= 15 is 0 Å². The molecule has 2 aromatic heterocycles. The molecule has 3 aromatic carbocycles. The number of ether oxygens (including phenoxy) is 1. The van der Waals surface area contributed by atoms with Gasteiger partial charge in [-0.25, -0.2) is 0 Å². The Bertz CT molecular complexity index is 1920. The molecule has 2 saturated heterocycles. The molecule has 49 heavy (non-hydrogen) atoms. The van der Waals surface area contributed by atoms with E-state index in [4.69, 9.17) is 25.2 Å². The highest BCUT2D eigenvalue weighted by Crippen LogP contribution is 2.28. The van der Waals surface area contributed by atoms with Gasteiger partial charge in [-0.1, -0.05) is 17.7 Å². The number of piperidine rings is 2. The molecule has 0 saturated carbocycles. The fourth-order valence-electron chi connectivity index (χ4n) is 5.90. The first kappa shape index (κ1) is 33.9. The number of likely N-dealkylation sites (tertiary alicyclic amines) is 1. The third-order valence-electron chi connectivity index (χ3n) is 8.45. The number of fused-ring (bicyclic) bond motifs is 2. The minimum Gasteiger partial charge on any atom is -0.492 e. The number of nitrogens with zero attached hydrogens (tertiary/aromatic N) is 5. The van der Waals surface area contributed by atoms with Gasteiger partial charge in [-0.05, 0) is 75.5 Å². The van der Waals surface area contributed by atoms with Gasteiger partial charge in [-0.2, -0.15) is 9.97 Å². The average Bonchev–Trinajstić information content (AvgIpc) is 3.70. The summed E-state index contributed by atoms with van der Waals surface area (Å²) in [4.78, 5) is 31.7. The lowest BCUT2D eigenvalue weighted by molar-refractivity contribution is -0.384. The lowest BCUT2D eigenvalue weighted by Crippen LogP contribution is -2.38. The van der Waals surface area contributed by atoms with Crippen LogP contribution in [0.2, 0.25) is 5.02 Å². The number of nitrogens with one attached hydrogen (secondary N) is 3. The fraction of sp³-hybridized carbons (Fsp3) is 0.394. The van der Waals surface area contributed by atoms with Gasteiger partial charge in [0.25, 0.3) is 23.4 Å². The van der Waals surface area contributed by atoms with E-state index < -0.39 is 9.85 Å². The van der Waals surface area contributed by atoms with E-state index in [-0.39, 0.29) is 17.4 Å². The number of aromatic nitrogens is 2. The van der Waals surface area contributed by atoms with Crippen LogP contribution in [-0.4, -0.2) is 69.6 Å². The summed E-state index contributed by atoms with van der Waals surface area (Å²) in [6.07, 6.45) is 3.92. The molecule has 5 aromatic rings. The molecule has 16 heteroatoms. The molecule has 0 atom stereocenters. The maximum atomic E-state index is 10.9. The van der Waals surface area contributed by atoms with Crippen LogP contribution in [0.5, 0.6) is 5.75 Å². The van der Waals surface area contributed by atoms with Gasteiger partial charge in [0.2, 0.25) is 0 Å². The van der Waals surface area contributed by atoms with Crippen LogP contribution in [0, 0.1) is 20.2 Å². The smallest absolute Gasteiger partial charge is 0.295 e. The van der Waals surface area contributed by atoms with Crippen molar-refractivity contribution in [2.24, 2.45) is 0 Å². The van der Waals surface area contributed by atoms with Crippen LogP contribution in [0.15, 0.2) is 63.4 Å². The molecule has 0 amide bonds. The molecular formula is C33H37ClN8O7. The molecule has 2 aliphatic heterocycles. The van der Waals surface area contributed by atoms with Crippen molar-refractivity contribution in [2.75, 3.05) is 43.4 Å². The molecule has 0 bridgehead atoms. The molecule has 0 aliphatic carbocycles. The Morgan fingerprint density at radius 3 is 1.94 bits per heavy atom. The highest BCUT2D eigenvalue weighted by atomic mass is 35.5. The van der Waals surface area contributed by atoms with Crippen LogP contribution in [0.4, 0.5) is 23.4 Å². The van der Waals surface area contributed by atoms with Crippen molar-refractivity contribution in [3.05, 3.63) is 85.4 Å². The molecule has 0 unspecified atom stereocenters. The second kappa shape index (κ2) is 15.5. The van der Waals surface area contributed by atoms with Gasteiger partial charge in [0.1, 0.15) is 16.8 Å². The fourth-order valence-corrected chi connectivity index (χ4v) is 6.08. The summed E-state index contributed by atoms with van der Waals surface area (Å²) in [6.45, 7) is 7.21. The predicted molar refractivity (Wildman–Crippen MR) is 185 cm³/mol. The molecule has 0 spiro atoms. The average molecular weight is 693 g/mol. The molecule has 2 fully saturated rings. The summed E-state index contributed by atoms with van der Waals surface area (Å²) in [7, 11) is 0. The number of non-ortho nitro benzene ring substituents is 2. The third kappa shape index (κ3) is 8.73. The zero-order chi connectivity index (χ0) is 34.3. The van der Waals surface area contributed by atoms with Crippen LogP contribution in [-0.2, 0) is 6.54 Å². The van der Waals surface area contributed by atoms with Crippen LogP contribution >= 0.6 is 11.6 Å². The highest BCUT2D eigenvalue weighted by Gasteiger charge is 2.22. The number of halogens is 1. The van der Waals surface area contributed by atoms with E-state index in [9.17, 15) is 20.2 Å². The second-order valence-corrected chi connectivity index (χ2v) is 12.3. The largest absolute Gasteiger partial charge is 0.492 e. The van der Waals surface area contributed by atoms with Crippen molar-refractivity contribution >= 4 is 57.2 Å². The van der Waals surface area contributed by atoms with Crippen molar-refractivity contribution in [1.29, 1.82) is 0 Å². The summed E-state index contributed by atoms with van der Waals surface area (Å²) in [5.74, 6) is 0.726. The minimum atomic E-state index is -0.436. The Kier molecular flexibility index (Phi) is 10.7. The first-order valence-electron chi connectivity index (χ1n) is 16.2. The first-order chi connectivity index (χ1) is 23.7. The molecule has 15 nitrogen and oxygen atoms in total. The Morgan fingerprint density at radius 2 is 1.41 bits per heavy atom. The number of anilines is 2. The summed E-state index contributed by atoms with van der Waals surface area (Å²) in [5, 5.41) is 32.1. The topological polar surface area (TPSA) is 187 Å². The molecule has 258 valence electrons. The molecular weight excluding hydrogens is 656 g/mol. The standard InChI is InChI=1S/C21H23ClN4O4.C12H14N4O3/c1-2-29-20-11-14(3-5-17(20)22)13-25-9-7-15(8-10-25)23-21-24-18-12-16(26(27)28)4-6-19(18)30-21;17-16(18)9-1-2-11-10(7-9)15-12(19-11)14-8-3-5-13-6-4-8/h3-6,11-12,15H,2,7-10,13H2,1H3,(H,23,24);1-2,7-8,13H,3-6H2,(H,14,15). The van der Waals surface area contributed by atoms with E-state index in [1.165, 1.54) is 29.8 Å². The highest BCUT2D eigenvalue weighted by molar-refractivity contribution is 6.32. The Morgan fingerprint density at radius 1 is 0.857 bits per heavy atom. The van der Waals surface area contributed by atoms with Crippen molar-refractivity contribution in [1.82, 2.24) is 20.2 Å². The van der Waals surface area contributed by atoms with Crippen molar-refractivity contribution in [2.45, 2.75) is 51.2 Å². The van der Waals surface area contributed by atoms with Crippen LogP contribution in [0.1, 0.15) is 38.2 Å². The zero-order valence-electron chi connectivity index (χ0n) is 26.9. The third-order valence-corrected chi connectivity index (χ3v) is 8.76. The SMILES string of the molecule is CCOc1cc(CN2CCC(Nc3nc4cc([N+](=O)[O-])ccc4o3)CC2)ccc1Cl.O=[N+]([O-])c1ccc2oc(NC3CCNCC3)nc2c1. The van der Waals surface area contributed by atoms with Crippen LogP contribution in [0.3, 0.4) is 0 Å². The number of rotatable bonds is 10. The number of oxazole rings is 2. The predicted octanol–water partition coefficient (Wildman–Crippen LogP) is 6.76. The Labute approximate surface area is 286 Å². The summed E-state index contributed by atoms with van der Waals surface area (Å²) in [6, 6.07) is 16.2. The van der Waals surface area contributed by atoms with Crippen molar-refractivity contribution in [3.8, 4) is 5.75 Å². The van der Waals surface area contributed by atoms with E-state index in [0.29, 0.717) is 51.9 Å². The van der Waals surface area contributed by atoms with Gasteiger partial charge >= 0.3 is 0 Å². The van der Waals surface area contributed by atoms with Gasteiger partial charge in [0.05, 0.1) is 21.5 Å². The number of hydrogen-bond donors (Lipinski definition) is 3.